The van der Waals surface area contributed by atoms with Crippen LogP contribution in [0.1, 0.15) is 15.9 Å². The van der Waals surface area contributed by atoms with Crippen LogP contribution in [0.4, 0.5) is 0 Å². The molecule has 1 aromatic heterocycles. The van der Waals surface area contributed by atoms with Gasteiger partial charge in [0.2, 0.25) is 0 Å². The van der Waals surface area contributed by atoms with Crippen molar-refractivity contribution in [1.29, 1.82) is 0 Å². The van der Waals surface area contributed by atoms with Crippen molar-refractivity contribution < 1.29 is 4.79 Å². The second-order valence-electron chi connectivity index (χ2n) is 3.78. The maximum Gasteiger partial charge on any atom is 0.253 e. The minimum atomic E-state index is -0.220. The van der Waals surface area contributed by atoms with E-state index in [1.54, 1.807) is 6.07 Å². The van der Waals surface area contributed by atoms with Gasteiger partial charge in [0.05, 0.1) is 12.9 Å². The highest BCUT2D eigenvalue weighted by Gasteiger charge is 2.09. The largest absolute Gasteiger partial charge is 0.292 e. The predicted octanol–water partition coefficient (Wildman–Crippen LogP) is 1.43. The minimum Gasteiger partial charge on any atom is -0.292 e. The molecule has 0 aliphatic carbocycles. The summed E-state index contributed by atoms with van der Waals surface area (Å²) in [7, 11) is 0. The van der Waals surface area contributed by atoms with Crippen LogP contribution in [0.5, 0.6) is 0 Å². The SMILES string of the molecule is Cc1ccccc1C(=O)Cn1cnccc1=O. The summed E-state index contributed by atoms with van der Waals surface area (Å²) in [5, 5.41) is 0. The molecule has 0 aliphatic heterocycles. The Morgan fingerprint density at radius 2 is 2.06 bits per heavy atom. The third kappa shape index (κ3) is 2.47. The molecule has 0 spiro atoms. The molecule has 1 heterocycles. The summed E-state index contributed by atoms with van der Waals surface area (Å²) in [4.78, 5) is 27.3. The monoisotopic (exact) mass is 228 g/mol. The van der Waals surface area contributed by atoms with E-state index < -0.39 is 0 Å². The van der Waals surface area contributed by atoms with Crippen molar-refractivity contribution >= 4 is 5.78 Å². The van der Waals surface area contributed by atoms with E-state index >= 15 is 0 Å². The fourth-order valence-electron chi connectivity index (χ4n) is 1.62. The van der Waals surface area contributed by atoms with Gasteiger partial charge in [-0.2, -0.15) is 0 Å². The van der Waals surface area contributed by atoms with Crippen molar-refractivity contribution in [2.45, 2.75) is 13.5 Å². The maximum atomic E-state index is 12.0. The number of carbonyl (C=O) groups is 1. The smallest absolute Gasteiger partial charge is 0.253 e. The van der Waals surface area contributed by atoms with E-state index in [-0.39, 0.29) is 17.9 Å². The molecule has 0 N–H and O–H groups in total. The second kappa shape index (κ2) is 4.74. The lowest BCUT2D eigenvalue weighted by atomic mass is 10.1. The normalized spacial score (nSPS) is 10.2. The van der Waals surface area contributed by atoms with Gasteiger partial charge in [-0.05, 0) is 12.5 Å². The average molecular weight is 228 g/mol. The van der Waals surface area contributed by atoms with Crippen LogP contribution in [0.2, 0.25) is 0 Å². The molecule has 0 bridgehead atoms. The summed E-state index contributed by atoms with van der Waals surface area (Å²) in [6.07, 6.45) is 2.79. The fourth-order valence-corrected chi connectivity index (χ4v) is 1.62. The fraction of sp³-hybridized carbons (Fsp3) is 0.154. The summed E-state index contributed by atoms with van der Waals surface area (Å²) < 4.78 is 1.30. The van der Waals surface area contributed by atoms with Crippen molar-refractivity contribution in [3.8, 4) is 0 Å². The van der Waals surface area contributed by atoms with Crippen molar-refractivity contribution in [1.82, 2.24) is 9.55 Å². The van der Waals surface area contributed by atoms with Crippen molar-refractivity contribution in [2.24, 2.45) is 0 Å². The molecular formula is C13H12N2O2. The molecule has 17 heavy (non-hydrogen) atoms. The number of nitrogens with zero attached hydrogens (tertiary/aromatic N) is 2. The Morgan fingerprint density at radius 1 is 1.29 bits per heavy atom. The van der Waals surface area contributed by atoms with Gasteiger partial charge in [0, 0.05) is 17.8 Å². The highest BCUT2D eigenvalue weighted by Crippen LogP contribution is 2.08. The lowest BCUT2D eigenvalue weighted by molar-refractivity contribution is 0.0970. The van der Waals surface area contributed by atoms with E-state index in [1.165, 1.54) is 23.2 Å². The molecule has 4 heteroatoms. The second-order valence-corrected chi connectivity index (χ2v) is 3.78. The highest BCUT2D eigenvalue weighted by atomic mass is 16.1. The Hall–Kier alpha value is -2.23. The van der Waals surface area contributed by atoms with Gasteiger partial charge in [-0.1, -0.05) is 24.3 Å². The van der Waals surface area contributed by atoms with Gasteiger partial charge in [-0.15, -0.1) is 0 Å². The van der Waals surface area contributed by atoms with Gasteiger partial charge in [0.15, 0.2) is 5.78 Å². The average Bonchev–Trinajstić information content (AvgIpc) is 2.32. The number of hydrogen-bond acceptors (Lipinski definition) is 3. The number of aryl methyl sites for hydroxylation is 1. The number of ketones is 1. The molecule has 0 fully saturated rings. The van der Waals surface area contributed by atoms with Gasteiger partial charge in [0.1, 0.15) is 0 Å². The molecule has 0 saturated heterocycles. The molecular weight excluding hydrogens is 216 g/mol. The first-order valence-corrected chi connectivity index (χ1v) is 5.28. The lowest BCUT2D eigenvalue weighted by Gasteiger charge is -2.06. The Labute approximate surface area is 98.6 Å². The van der Waals surface area contributed by atoms with Gasteiger partial charge in [-0.25, -0.2) is 4.98 Å². The first-order valence-electron chi connectivity index (χ1n) is 5.28. The molecule has 1 aromatic carbocycles. The predicted molar refractivity (Wildman–Crippen MR) is 64.0 cm³/mol. The summed E-state index contributed by atoms with van der Waals surface area (Å²) in [6, 6.07) is 8.66. The highest BCUT2D eigenvalue weighted by molar-refractivity contribution is 5.97. The van der Waals surface area contributed by atoms with Crippen molar-refractivity contribution in [3.05, 3.63) is 64.3 Å². The first-order chi connectivity index (χ1) is 8.18. The topological polar surface area (TPSA) is 52.0 Å². The first kappa shape index (κ1) is 11.3. The molecule has 0 unspecified atom stereocenters. The number of Topliss-reactive ketones (excluding diaryl/α,β-unsaturated/α-hetero) is 1. The van der Waals surface area contributed by atoms with Gasteiger partial charge in [0.25, 0.3) is 5.56 Å². The van der Waals surface area contributed by atoms with Crippen molar-refractivity contribution in [3.63, 3.8) is 0 Å². The third-order valence-electron chi connectivity index (χ3n) is 2.55. The number of rotatable bonds is 3. The molecule has 0 aliphatic rings. The quantitative estimate of drug-likeness (QED) is 0.747. The summed E-state index contributed by atoms with van der Waals surface area (Å²) >= 11 is 0. The van der Waals surface area contributed by atoms with E-state index in [0.29, 0.717) is 5.56 Å². The molecule has 0 amide bonds. The summed E-state index contributed by atoms with van der Waals surface area (Å²) in [6.45, 7) is 1.90. The summed E-state index contributed by atoms with van der Waals surface area (Å²) in [5.74, 6) is -0.0850. The molecule has 4 nitrogen and oxygen atoms in total. The molecule has 0 radical (unpaired) electrons. The van der Waals surface area contributed by atoms with Gasteiger partial charge >= 0.3 is 0 Å². The number of benzene rings is 1. The van der Waals surface area contributed by atoms with E-state index in [9.17, 15) is 9.59 Å². The van der Waals surface area contributed by atoms with E-state index in [1.807, 2.05) is 25.1 Å². The molecule has 2 aromatic rings. The lowest BCUT2D eigenvalue weighted by Crippen LogP contribution is -2.23. The van der Waals surface area contributed by atoms with Gasteiger partial charge in [-0.3, -0.25) is 14.2 Å². The molecule has 0 atom stereocenters. The van der Waals surface area contributed by atoms with Crippen LogP contribution in [0, 0.1) is 6.92 Å². The standard InChI is InChI=1S/C13H12N2O2/c1-10-4-2-3-5-11(10)12(16)8-15-9-14-7-6-13(15)17/h2-7,9H,8H2,1H3. The Bertz CT molecular complexity index is 602. The van der Waals surface area contributed by atoms with Crippen LogP contribution < -0.4 is 5.56 Å². The zero-order valence-electron chi connectivity index (χ0n) is 9.46. The van der Waals surface area contributed by atoms with Crippen LogP contribution in [0.25, 0.3) is 0 Å². The van der Waals surface area contributed by atoms with Crippen LogP contribution in [0.15, 0.2) is 47.7 Å². The van der Waals surface area contributed by atoms with Crippen LogP contribution in [-0.4, -0.2) is 15.3 Å². The van der Waals surface area contributed by atoms with Gasteiger partial charge < -0.3 is 0 Å². The summed E-state index contributed by atoms with van der Waals surface area (Å²) in [5.41, 5.74) is 1.33. The third-order valence-corrected chi connectivity index (χ3v) is 2.55. The van der Waals surface area contributed by atoms with E-state index in [2.05, 4.69) is 4.98 Å². The van der Waals surface area contributed by atoms with Crippen LogP contribution in [-0.2, 0) is 6.54 Å². The Kier molecular flexibility index (Phi) is 3.14. The van der Waals surface area contributed by atoms with Crippen molar-refractivity contribution in [2.75, 3.05) is 0 Å². The molecule has 0 saturated carbocycles. The molecule has 2 rings (SSSR count). The van der Waals surface area contributed by atoms with Crippen LogP contribution >= 0.6 is 0 Å². The molecule has 86 valence electrons. The number of hydrogen-bond donors (Lipinski definition) is 0. The number of aromatic nitrogens is 2. The zero-order valence-corrected chi connectivity index (χ0v) is 9.46. The van der Waals surface area contributed by atoms with E-state index in [0.717, 1.165) is 5.56 Å². The maximum absolute atomic E-state index is 12.0. The van der Waals surface area contributed by atoms with Crippen LogP contribution in [0.3, 0.4) is 0 Å². The Morgan fingerprint density at radius 3 is 2.76 bits per heavy atom. The van der Waals surface area contributed by atoms with E-state index in [4.69, 9.17) is 0 Å². The zero-order chi connectivity index (χ0) is 12.3. The number of carbonyl (C=O) groups excluding carboxylic acids is 1. The minimum absolute atomic E-state index is 0.0253. The Balaban J connectivity index is 2.27.